The number of benzene rings is 6. The maximum Gasteiger partial charge on any atom is 0.246 e. The van der Waals surface area contributed by atoms with Gasteiger partial charge in [0.1, 0.15) is 30.3 Å². The highest BCUT2D eigenvalue weighted by Crippen LogP contribution is 2.27. The number of nitrogens with one attached hydrogen (secondary N) is 4. The van der Waals surface area contributed by atoms with E-state index >= 15 is 0 Å². The Labute approximate surface area is 473 Å². The molecule has 8 rings (SSSR count). The number of amides is 6. The highest BCUT2D eigenvalue weighted by atomic mass is 19.1. The van der Waals surface area contributed by atoms with E-state index in [9.17, 15) is 37.5 Å². The summed E-state index contributed by atoms with van der Waals surface area (Å²) in [6.45, 7) is 7.31. The van der Waals surface area contributed by atoms with Crippen molar-refractivity contribution < 1.29 is 42.3 Å². The first-order valence-corrected chi connectivity index (χ1v) is 28.3. The van der Waals surface area contributed by atoms with Crippen molar-refractivity contribution in [1.82, 2.24) is 40.9 Å². The van der Waals surface area contributed by atoms with Gasteiger partial charge in [0.05, 0.1) is 18.7 Å². The fourth-order valence-corrected chi connectivity index (χ4v) is 11.6. The van der Waals surface area contributed by atoms with Crippen LogP contribution in [0.25, 0.3) is 21.5 Å². The van der Waals surface area contributed by atoms with Gasteiger partial charge in [-0.15, -0.1) is 0 Å². The van der Waals surface area contributed by atoms with Crippen LogP contribution in [0, 0.1) is 11.6 Å². The molecule has 2 saturated heterocycles. The van der Waals surface area contributed by atoms with E-state index in [1.807, 2.05) is 67.3 Å². The SMILES string of the molecule is CCCC1CN(C(Cc2cc3ccccc3cc2COCC(=O)NC(Cc2ccc(F)cc2)C(=O)N2CCN(C(Cc3ccc4ccccc4c3)C(=O)NC)CC2CC)C(=O)NC)CCN1C(=O)C(Cc1ccc(F)cc1)NC(C)=O. The van der Waals surface area contributed by atoms with Gasteiger partial charge in [-0.3, -0.25) is 38.6 Å². The molecule has 2 aliphatic heterocycles. The number of hydrogen-bond acceptors (Lipinski definition) is 9. The third kappa shape index (κ3) is 15.4. The Balaban J connectivity index is 0.958. The first kappa shape index (κ1) is 59.5. The van der Waals surface area contributed by atoms with Crippen LogP contribution in [0.3, 0.4) is 0 Å². The zero-order valence-electron chi connectivity index (χ0n) is 47.1. The fourth-order valence-electron chi connectivity index (χ4n) is 11.6. The van der Waals surface area contributed by atoms with E-state index in [2.05, 4.69) is 61.4 Å². The minimum absolute atomic E-state index is 0.00946. The Bertz CT molecular complexity index is 3160. The van der Waals surface area contributed by atoms with Gasteiger partial charge >= 0.3 is 0 Å². The Kier molecular flexibility index (Phi) is 20.7. The first-order valence-electron chi connectivity index (χ1n) is 28.3. The zero-order valence-corrected chi connectivity index (χ0v) is 47.1. The lowest BCUT2D eigenvalue weighted by Gasteiger charge is -2.45. The van der Waals surface area contributed by atoms with Crippen molar-refractivity contribution in [3.8, 4) is 0 Å². The Hall–Kier alpha value is -7.60. The summed E-state index contributed by atoms with van der Waals surface area (Å²) in [6.07, 6.45) is 3.09. The lowest BCUT2D eigenvalue weighted by molar-refractivity contribution is -0.143. The predicted molar refractivity (Wildman–Crippen MR) is 310 cm³/mol. The number of piperazine rings is 2. The second kappa shape index (κ2) is 28.2. The van der Waals surface area contributed by atoms with Gasteiger partial charge in [0, 0.05) is 85.2 Å². The lowest BCUT2D eigenvalue weighted by atomic mass is 9.94. The van der Waals surface area contributed by atoms with Crippen molar-refractivity contribution in [2.24, 2.45) is 0 Å². The van der Waals surface area contributed by atoms with Gasteiger partial charge in [0.15, 0.2) is 0 Å². The Morgan fingerprint density at radius 3 is 1.57 bits per heavy atom. The average molecular weight is 1110 g/mol. The van der Waals surface area contributed by atoms with Gasteiger partial charge in [-0.1, -0.05) is 117 Å². The summed E-state index contributed by atoms with van der Waals surface area (Å²) in [5, 5.41) is 15.6. The van der Waals surface area contributed by atoms with E-state index < -0.39 is 41.7 Å². The van der Waals surface area contributed by atoms with Crippen LogP contribution in [0.1, 0.15) is 67.9 Å². The summed E-state index contributed by atoms with van der Waals surface area (Å²) >= 11 is 0. The largest absolute Gasteiger partial charge is 0.367 e. The average Bonchev–Trinajstić information content (AvgIpc) is 3.64. The molecule has 15 nitrogen and oxygen atoms in total. The maximum atomic E-state index is 14.8. The van der Waals surface area contributed by atoms with Crippen LogP contribution >= 0.6 is 0 Å². The molecule has 428 valence electrons. The van der Waals surface area contributed by atoms with Crippen molar-refractivity contribution in [2.75, 3.05) is 60.0 Å². The van der Waals surface area contributed by atoms with Crippen LogP contribution in [0.2, 0.25) is 0 Å². The molecule has 6 atom stereocenters. The normalized spacial score (nSPS) is 17.5. The van der Waals surface area contributed by atoms with Crippen LogP contribution in [-0.4, -0.2) is 151 Å². The van der Waals surface area contributed by atoms with Crippen molar-refractivity contribution in [1.29, 1.82) is 0 Å². The molecule has 81 heavy (non-hydrogen) atoms. The number of carbonyl (C=O) groups excluding carboxylic acids is 6. The Morgan fingerprint density at radius 1 is 0.556 bits per heavy atom. The maximum absolute atomic E-state index is 14.8. The van der Waals surface area contributed by atoms with E-state index in [1.165, 1.54) is 31.2 Å². The molecule has 2 aliphatic rings. The molecule has 0 bridgehead atoms. The number of nitrogens with zero attached hydrogens (tertiary/aromatic N) is 4. The molecular formula is C64H76F2N8O7. The standard InChI is InChI=1S/C64H76F2N8O7/c1-6-12-55-39-72(28-30-74(55)63(79)56(69-42(3)75)32-43-18-23-52(65)24-19-43)59(62(78)68-5)37-50-35-48-15-10-11-16-49(48)36-51(50)40-81-41-60(76)70-57(33-44-20-25-53(66)26-21-44)64(80)73-29-27-71(38-54(73)7-2)58(61(77)67-4)34-45-17-22-46-13-8-9-14-47(46)31-45/h8-11,13-26,31,35-36,54-59H,6-7,12,27-30,32-34,37-41H2,1-5H3,(H,67,77)(H,68,78)(H,69,75)(H,70,76). The minimum Gasteiger partial charge on any atom is -0.367 e. The quantitative estimate of drug-likeness (QED) is 0.0558. The third-order valence-corrected chi connectivity index (χ3v) is 15.9. The van der Waals surface area contributed by atoms with Gasteiger partial charge < -0.3 is 35.8 Å². The second-order valence-corrected chi connectivity index (χ2v) is 21.4. The molecule has 0 aromatic heterocycles. The molecule has 0 saturated carbocycles. The van der Waals surface area contributed by atoms with Gasteiger partial charge in [-0.25, -0.2) is 8.78 Å². The number of halogens is 2. The van der Waals surface area contributed by atoms with Crippen LogP contribution < -0.4 is 21.3 Å². The minimum atomic E-state index is -1.01. The van der Waals surface area contributed by atoms with E-state index in [0.29, 0.717) is 69.7 Å². The highest BCUT2D eigenvalue weighted by Gasteiger charge is 2.40. The number of fused-ring (bicyclic) bond motifs is 2. The van der Waals surface area contributed by atoms with Gasteiger partial charge in [0.2, 0.25) is 35.4 Å². The molecule has 4 N–H and O–H groups in total. The van der Waals surface area contributed by atoms with E-state index in [1.54, 1.807) is 43.3 Å². The molecule has 0 spiro atoms. The van der Waals surface area contributed by atoms with E-state index in [-0.39, 0.29) is 74.1 Å². The van der Waals surface area contributed by atoms with Gasteiger partial charge in [-0.2, -0.15) is 0 Å². The smallest absolute Gasteiger partial charge is 0.246 e. The molecule has 0 aliphatic carbocycles. The Morgan fingerprint density at radius 2 is 1.04 bits per heavy atom. The molecule has 2 heterocycles. The third-order valence-electron chi connectivity index (χ3n) is 15.9. The molecule has 17 heteroatoms. The molecule has 6 amide bonds. The highest BCUT2D eigenvalue weighted by molar-refractivity contribution is 5.90. The van der Waals surface area contributed by atoms with E-state index in [4.69, 9.17) is 4.74 Å². The summed E-state index contributed by atoms with van der Waals surface area (Å²) in [7, 11) is 3.24. The van der Waals surface area contributed by atoms with E-state index in [0.717, 1.165) is 44.7 Å². The van der Waals surface area contributed by atoms with Crippen LogP contribution in [0.15, 0.2) is 127 Å². The van der Waals surface area contributed by atoms with Crippen molar-refractivity contribution in [3.05, 3.63) is 167 Å². The number of ether oxygens (including phenoxy) is 1. The van der Waals surface area contributed by atoms with Crippen LogP contribution in [0.4, 0.5) is 8.78 Å². The van der Waals surface area contributed by atoms with Crippen molar-refractivity contribution in [3.63, 3.8) is 0 Å². The number of hydrogen-bond donors (Lipinski definition) is 4. The number of rotatable bonds is 23. The number of likely N-dealkylation sites (N-methyl/N-ethyl adjacent to an activating group) is 2. The van der Waals surface area contributed by atoms with Gasteiger partial charge in [-0.05, 0) is 105 Å². The molecule has 6 aromatic rings. The zero-order chi connectivity index (χ0) is 57.6. The van der Waals surface area contributed by atoms with Crippen LogP contribution in [0.5, 0.6) is 0 Å². The van der Waals surface area contributed by atoms with Crippen molar-refractivity contribution >= 4 is 57.0 Å². The molecule has 6 unspecified atom stereocenters. The summed E-state index contributed by atoms with van der Waals surface area (Å²) in [4.78, 5) is 91.0. The predicted octanol–water partition coefficient (Wildman–Crippen LogP) is 6.51. The summed E-state index contributed by atoms with van der Waals surface area (Å²) in [5.41, 5.74) is 4.01. The summed E-state index contributed by atoms with van der Waals surface area (Å²) < 4.78 is 34.1. The van der Waals surface area contributed by atoms with Crippen molar-refractivity contribution in [2.45, 2.75) is 109 Å². The van der Waals surface area contributed by atoms with Gasteiger partial charge in [0.25, 0.3) is 0 Å². The fraction of sp³-hybridized carbons (Fsp3) is 0.406. The summed E-state index contributed by atoms with van der Waals surface area (Å²) in [5.74, 6) is -2.52. The monoisotopic (exact) mass is 1110 g/mol. The first-order chi connectivity index (χ1) is 39.1. The molecule has 6 aromatic carbocycles. The summed E-state index contributed by atoms with van der Waals surface area (Å²) in [6, 6.07) is 34.5. The molecule has 2 fully saturated rings. The van der Waals surface area contributed by atoms with Crippen LogP contribution in [-0.2, 0) is 65.8 Å². The molecular weight excluding hydrogens is 1030 g/mol. The topological polar surface area (TPSA) is 173 Å². The second-order valence-electron chi connectivity index (χ2n) is 21.4. The lowest BCUT2D eigenvalue weighted by Crippen LogP contribution is -2.63. The number of carbonyl (C=O) groups is 6. The molecule has 0 radical (unpaired) electrons.